The molecule has 158 valence electrons. The van der Waals surface area contributed by atoms with E-state index in [9.17, 15) is 0 Å². The van der Waals surface area contributed by atoms with Gasteiger partial charge in [-0.1, -0.05) is 25.1 Å². The van der Waals surface area contributed by atoms with Gasteiger partial charge in [-0.05, 0) is 23.3 Å². The zero-order chi connectivity index (χ0) is 21.4. The second kappa shape index (κ2) is 7.67. The maximum absolute atomic E-state index is 6.22. The largest absolute Gasteiger partial charge is 0.476 e. The van der Waals surface area contributed by atoms with Crippen LogP contribution in [0.5, 0.6) is 5.88 Å². The molecule has 1 aliphatic rings. The fraction of sp³-hybridized carbons (Fsp3) is 0.292. The maximum atomic E-state index is 6.22. The first-order chi connectivity index (χ1) is 15.0. The Hall–Kier alpha value is -3.45. The summed E-state index contributed by atoms with van der Waals surface area (Å²) in [6.07, 6.45) is 9.70. The number of ether oxygens (including phenoxy) is 2. The van der Waals surface area contributed by atoms with Crippen LogP contribution in [0, 0.1) is 5.41 Å². The third kappa shape index (κ3) is 3.96. The Balaban J connectivity index is 1.51. The van der Waals surface area contributed by atoms with Crippen molar-refractivity contribution in [3.05, 3.63) is 61.3 Å². The molecule has 0 spiro atoms. The van der Waals surface area contributed by atoms with Gasteiger partial charge in [-0.25, -0.2) is 4.98 Å². The Morgan fingerprint density at radius 2 is 1.87 bits per heavy atom. The molecule has 7 heteroatoms. The van der Waals surface area contributed by atoms with Crippen LogP contribution >= 0.6 is 0 Å². The lowest BCUT2D eigenvalue weighted by Crippen LogP contribution is -2.44. The molecule has 1 saturated heterocycles. The van der Waals surface area contributed by atoms with Gasteiger partial charge in [-0.2, -0.15) is 10.1 Å². The van der Waals surface area contributed by atoms with E-state index in [4.69, 9.17) is 14.5 Å². The van der Waals surface area contributed by atoms with Crippen LogP contribution in [0.3, 0.4) is 0 Å². The minimum Gasteiger partial charge on any atom is -0.476 e. The lowest BCUT2D eigenvalue weighted by atomic mass is 9.90. The number of hydrogen-bond acceptors (Lipinski definition) is 5. The molecule has 0 unspecified atom stereocenters. The van der Waals surface area contributed by atoms with Crippen LogP contribution in [-0.4, -0.2) is 44.1 Å². The first kappa shape index (κ1) is 19.5. The minimum absolute atomic E-state index is 0.0184. The number of benzene rings is 1. The summed E-state index contributed by atoms with van der Waals surface area (Å²) in [6.45, 7) is 4.10. The molecular weight excluding hydrogens is 390 g/mol. The van der Waals surface area contributed by atoms with E-state index in [0.29, 0.717) is 31.5 Å². The van der Waals surface area contributed by atoms with E-state index in [2.05, 4.69) is 41.4 Å². The molecule has 0 radical (unpaired) electrons. The lowest BCUT2D eigenvalue weighted by Gasteiger charge is -2.37. The van der Waals surface area contributed by atoms with Gasteiger partial charge in [0.25, 0.3) is 0 Å². The van der Waals surface area contributed by atoms with Crippen molar-refractivity contribution in [3.63, 3.8) is 0 Å². The quantitative estimate of drug-likeness (QED) is 0.477. The molecule has 1 aromatic carbocycles. The average molecular weight is 415 g/mol. The Morgan fingerprint density at radius 3 is 2.55 bits per heavy atom. The molecule has 0 bridgehead atoms. The fourth-order valence-corrected chi connectivity index (χ4v) is 3.66. The van der Waals surface area contributed by atoms with Crippen LogP contribution in [-0.2, 0) is 18.8 Å². The van der Waals surface area contributed by atoms with Crippen molar-refractivity contribution in [2.45, 2.75) is 6.92 Å². The molecule has 0 atom stereocenters. The third-order valence-corrected chi connectivity index (χ3v) is 5.51. The van der Waals surface area contributed by atoms with Crippen molar-refractivity contribution in [1.29, 1.82) is 0 Å². The normalized spacial score (nSPS) is 14.9. The standard InChI is InChI=1S/C24H25N5O2/c1-24(14-30-15-24)16-31-23-21(20-10-26-29(3)13-20)11-25-22(27-23)18-6-4-5-17(9-18)19-7-8-28(2)12-19/h4-13H,14-16H2,1-3H3. The van der Waals surface area contributed by atoms with Gasteiger partial charge in [-0.3, -0.25) is 4.68 Å². The monoisotopic (exact) mass is 415 g/mol. The van der Waals surface area contributed by atoms with Crippen molar-refractivity contribution in [1.82, 2.24) is 24.3 Å². The number of aryl methyl sites for hydroxylation is 2. The molecule has 3 aromatic heterocycles. The highest BCUT2D eigenvalue weighted by atomic mass is 16.5. The van der Waals surface area contributed by atoms with Crippen molar-refractivity contribution >= 4 is 0 Å². The Morgan fingerprint density at radius 1 is 1.03 bits per heavy atom. The predicted molar refractivity (Wildman–Crippen MR) is 118 cm³/mol. The van der Waals surface area contributed by atoms with Crippen molar-refractivity contribution in [2.75, 3.05) is 19.8 Å². The van der Waals surface area contributed by atoms with Gasteiger partial charge in [0.15, 0.2) is 5.82 Å². The number of nitrogens with zero attached hydrogens (tertiary/aromatic N) is 5. The first-order valence-electron chi connectivity index (χ1n) is 10.3. The summed E-state index contributed by atoms with van der Waals surface area (Å²) >= 11 is 0. The van der Waals surface area contributed by atoms with E-state index < -0.39 is 0 Å². The molecule has 0 saturated carbocycles. The van der Waals surface area contributed by atoms with E-state index in [0.717, 1.165) is 27.8 Å². The van der Waals surface area contributed by atoms with Gasteiger partial charge >= 0.3 is 0 Å². The number of hydrogen-bond donors (Lipinski definition) is 0. The SMILES string of the molecule is Cn1ccc(-c2cccc(-c3ncc(-c4cnn(C)c4)c(OCC4(C)COC4)n3)c2)c1. The van der Waals surface area contributed by atoms with Gasteiger partial charge < -0.3 is 14.0 Å². The van der Waals surface area contributed by atoms with E-state index >= 15 is 0 Å². The molecule has 31 heavy (non-hydrogen) atoms. The van der Waals surface area contributed by atoms with Crippen molar-refractivity contribution in [2.24, 2.45) is 19.5 Å². The van der Waals surface area contributed by atoms with E-state index in [1.807, 2.05) is 49.4 Å². The van der Waals surface area contributed by atoms with E-state index in [-0.39, 0.29) is 5.41 Å². The smallest absolute Gasteiger partial charge is 0.225 e. The Kier molecular flexibility index (Phi) is 4.82. The van der Waals surface area contributed by atoms with E-state index in [1.165, 1.54) is 0 Å². The maximum Gasteiger partial charge on any atom is 0.225 e. The van der Waals surface area contributed by atoms with Gasteiger partial charge in [0, 0.05) is 55.4 Å². The van der Waals surface area contributed by atoms with Gasteiger partial charge in [0.2, 0.25) is 5.88 Å². The molecule has 0 amide bonds. The van der Waals surface area contributed by atoms with Crippen molar-refractivity contribution in [3.8, 4) is 39.5 Å². The van der Waals surface area contributed by atoms with Crippen LogP contribution < -0.4 is 4.74 Å². The van der Waals surface area contributed by atoms with Crippen LogP contribution in [0.15, 0.2) is 61.3 Å². The summed E-state index contributed by atoms with van der Waals surface area (Å²) in [4.78, 5) is 9.47. The summed E-state index contributed by atoms with van der Waals surface area (Å²) in [5, 5.41) is 4.28. The molecule has 4 heterocycles. The molecule has 5 rings (SSSR count). The average Bonchev–Trinajstić information content (AvgIpc) is 3.39. The number of rotatable bonds is 6. The number of aromatic nitrogens is 5. The Bertz CT molecular complexity index is 1220. The summed E-state index contributed by atoms with van der Waals surface area (Å²) in [6, 6.07) is 10.4. The zero-order valence-electron chi connectivity index (χ0n) is 17.9. The molecule has 4 aromatic rings. The molecule has 1 aliphatic heterocycles. The molecule has 1 fully saturated rings. The topological polar surface area (TPSA) is 67.0 Å². The highest BCUT2D eigenvalue weighted by Crippen LogP contribution is 2.33. The highest BCUT2D eigenvalue weighted by molar-refractivity contribution is 5.72. The van der Waals surface area contributed by atoms with Crippen LogP contribution in [0.2, 0.25) is 0 Å². The van der Waals surface area contributed by atoms with Crippen molar-refractivity contribution < 1.29 is 9.47 Å². The molecular formula is C24H25N5O2. The van der Waals surface area contributed by atoms with Gasteiger partial charge in [0.1, 0.15) is 0 Å². The van der Waals surface area contributed by atoms with E-state index in [1.54, 1.807) is 10.9 Å². The lowest BCUT2D eigenvalue weighted by molar-refractivity contribution is -0.120. The predicted octanol–water partition coefficient (Wildman–Crippen LogP) is 3.96. The highest BCUT2D eigenvalue weighted by Gasteiger charge is 2.34. The Labute approximate surface area is 181 Å². The summed E-state index contributed by atoms with van der Waals surface area (Å²) < 4.78 is 15.4. The molecule has 0 aliphatic carbocycles. The molecule has 7 nitrogen and oxygen atoms in total. The minimum atomic E-state index is 0.0184. The summed E-state index contributed by atoms with van der Waals surface area (Å²) in [5.41, 5.74) is 5.01. The summed E-state index contributed by atoms with van der Waals surface area (Å²) in [5.74, 6) is 1.20. The fourth-order valence-electron chi connectivity index (χ4n) is 3.66. The van der Waals surface area contributed by atoms with Crippen LogP contribution in [0.25, 0.3) is 33.6 Å². The molecule has 0 N–H and O–H groups in total. The first-order valence-corrected chi connectivity index (χ1v) is 10.3. The van der Waals surface area contributed by atoms with Crippen LogP contribution in [0.1, 0.15) is 6.92 Å². The van der Waals surface area contributed by atoms with Gasteiger partial charge in [0.05, 0.1) is 31.6 Å². The third-order valence-electron chi connectivity index (χ3n) is 5.51. The van der Waals surface area contributed by atoms with Crippen LogP contribution in [0.4, 0.5) is 0 Å². The second-order valence-corrected chi connectivity index (χ2v) is 8.55. The second-order valence-electron chi connectivity index (χ2n) is 8.55. The van der Waals surface area contributed by atoms with Gasteiger partial charge in [-0.15, -0.1) is 0 Å². The summed E-state index contributed by atoms with van der Waals surface area (Å²) in [7, 11) is 3.91. The zero-order valence-corrected chi connectivity index (χ0v) is 17.9.